The average Bonchev–Trinajstić information content (AvgIpc) is 3.95. The van der Waals surface area contributed by atoms with Crippen molar-refractivity contribution in [3.05, 3.63) is 48.7 Å². The number of hydrogen-bond donors (Lipinski definition) is 4. The molecule has 1 saturated heterocycles. The average molecular weight is 668 g/mol. The molecule has 7 atom stereocenters. The van der Waals surface area contributed by atoms with Crippen LogP contribution < -0.4 is 20.1 Å². The van der Waals surface area contributed by atoms with Crippen LogP contribution in [-0.2, 0) is 24.4 Å². The summed E-state index contributed by atoms with van der Waals surface area (Å²) in [7, 11) is -3.88. The summed E-state index contributed by atoms with van der Waals surface area (Å²) in [5.41, 5.74) is -1.50. The highest BCUT2D eigenvalue weighted by Crippen LogP contribution is 2.46. The van der Waals surface area contributed by atoms with Crippen molar-refractivity contribution in [2.24, 2.45) is 17.8 Å². The highest BCUT2D eigenvalue weighted by molar-refractivity contribution is 7.91. The van der Waals surface area contributed by atoms with Crippen LogP contribution in [0.4, 0.5) is 4.79 Å². The van der Waals surface area contributed by atoms with Crippen molar-refractivity contribution in [3.63, 3.8) is 0 Å². The number of nitrogens with one attached hydrogen (secondary N) is 3. The Kier molecular flexibility index (Phi) is 8.90. The van der Waals surface area contributed by atoms with Gasteiger partial charge < -0.3 is 25.4 Å². The van der Waals surface area contributed by atoms with Gasteiger partial charge in [-0.15, -0.1) is 0 Å². The van der Waals surface area contributed by atoms with Crippen molar-refractivity contribution < 1.29 is 37.4 Å². The number of hydrogen-bond acceptors (Lipinski definition) is 8. The third-order valence-electron chi connectivity index (χ3n) is 9.81. The summed E-state index contributed by atoms with van der Waals surface area (Å²) in [5, 5.41) is 15.9. The maximum atomic E-state index is 14.2. The Hall–Kier alpha value is -4.20. The SMILES string of the molecule is CC1CCC=CC2CC2(C(=O)NS(=O)(=O)C2CC2)NC(=O)C2CC(Oc3nccc4ccccc34)CN2C(=O)C(NC(=O)O)C(C)C1. The molecule has 47 heavy (non-hydrogen) atoms. The molecule has 1 aromatic heterocycles. The summed E-state index contributed by atoms with van der Waals surface area (Å²) in [6.07, 6.45) is 6.53. The second-order valence-corrected chi connectivity index (χ2v) is 15.5. The number of pyridine rings is 1. The quantitative estimate of drug-likeness (QED) is 0.337. The minimum atomic E-state index is -3.88. The lowest BCUT2D eigenvalue weighted by atomic mass is 9.88. The second kappa shape index (κ2) is 12.8. The molecule has 7 unspecified atom stereocenters. The highest BCUT2D eigenvalue weighted by atomic mass is 32.2. The molecule has 0 radical (unpaired) electrons. The van der Waals surface area contributed by atoms with Gasteiger partial charge in [0.25, 0.3) is 5.91 Å². The number of nitrogens with zero attached hydrogens (tertiary/aromatic N) is 2. The molecule has 6 rings (SSSR count). The van der Waals surface area contributed by atoms with Gasteiger partial charge in [-0.05, 0) is 67.9 Å². The molecule has 3 heterocycles. The van der Waals surface area contributed by atoms with E-state index in [0.717, 1.165) is 17.2 Å². The van der Waals surface area contributed by atoms with Gasteiger partial charge in [-0.2, -0.15) is 0 Å². The molecule has 2 aliphatic heterocycles. The zero-order chi connectivity index (χ0) is 33.5. The van der Waals surface area contributed by atoms with E-state index in [2.05, 4.69) is 20.3 Å². The molecular formula is C33H41N5O8S. The topological polar surface area (TPSA) is 184 Å². The van der Waals surface area contributed by atoms with E-state index >= 15 is 0 Å². The molecule has 0 bridgehead atoms. The fourth-order valence-corrected chi connectivity index (χ4v) is 8.34. The third-order valence-corrected chi connectivity index (χ3v) is 11.6. The van der Waals surface area contributed by atoms with Gasteiger partial charge in [0, 0.05) is 23.9 Å². The molecule has 0 spiro atoms. The van der Waals surface area contributed by atoms with Crippen LogP contribution in [0.2, 0.25) is 0 Å². The predicted molar refractivity (Wildman–Crippen MR) is 172 cm³/mol. The molecule has 4 amide bonds. The Bertz CT molecular complexity index is 1710. The maximum Gasteiger partial charge on any atom is 0.405 e. The number of aromatic nitrogens is 1. The molecule has 252 valence electrons. The van der Waals surface area contributed by atoms with Crippen molar-refractivity contribution in [2.45, 2.75) is 87.8 Å². The molecule has 3 fully saturated rings. The van der Waals surface area contributed by atoms with Crippen molar-refractivity contribution in [3.8, 4) is 5.88 Å². The zero-order valence-corrected chi connectivity index (χ0v) is 27.2. The van der Waals surface area contributed by atoms with Gasteiger partial charge in [0.1, 0.15) is 23.7 Å². The first-order chi connectivity index (χ1) is 22.4. The van der Waals surface area contributed by atoms with Crippen molar-refractivity contribution in [1.29, 1.82) is 0 Å². The molecule has 1 aromatic carbocycles. The number of benzene rings is 1. The van der Waals surface area contributed by atoms with Crippen LogP contribution in [-0.4, -0.2) is 82.7 Å². The number of carboxylic acid groups (broad SMARTS) is 1. The number of ether oxygens (including phenoxy) is 1. The van der Waals surface area contributed by atoms with E-state index in [1.807, 2.05) is 56.3 Å². The van der Waals surface area contributed by atoms with Crippen molar-refractivity contribution in [2.75, 3.05) is 6.54 Å². The number of rotatable bonds is 6. The first kappa shape index (κ1) is 32.7. The number of fused-ring (bicyclic) bond motifs is 3. The smallest absolute Gasteiger partial charge is 0.405 e. The molecule has 14 heteroatoms. The van der Waals surface area contributed by atoms with E-state index < -0.39 is 68.7 Å². The lowest BCUT2D eigenvalue weighted by molar-refractivity contribution is -0.142. The summed E-state index contributed by atoms with van der Waals surface area (Å²) in [4.78, 5) is 59.6. The monoisotopic (exact) mass is 667 g/mol. The Labute approximate surface area is 273 Å². The predicted octanol–water partition coefficient (Wildman–Crippen LogP) is 2.71. The summed E-state index contributed by atoms with van der Waals surface area (Å²) in [6.45, 7) is 3.82. The summed E-state index contributed by atoms with van der Waals surface area (Å²) in [6, 6.07) is 7.11. The lowest BCUT2D eigenvalue weighted by Crippen LogP contribution is -2.59. The molecule has 13 nitrogen and oxygen atoms in total. The van der Waals surface area contributed by atoms with E-state index in [4.69, 9.17) is 4.74 Å². The van der Waals surface area contributed by atoms with E-state index in [9.17, 15) is 32.7 Å². The Morgan fingerprint density at radius 2 is 1.87 bits per heavy atom. The fourth-order valence-electron chi connectivity index (χ4n) is 6.97. The van der Waals surface area contributed by atoms with Crippen molar-refractivity contribution >= 4 is 44.6 Å². The highest BCUT2D eigenvalue weighted by Gasteiger charge is 2.62. The molecule has 4 aliphatic rings. The fraction of sp³-hybridized carbons (Fsp3) is 0.545. The second-order valence-electron chi connectivity index (χ2n) is 13.5. The van der Waals surface area contributed by atoms with Crippen LogP contribution in [0.25, 0.3) is 10.8 Å². The molecule has 2 aromatic rings. The first-order valence-corrected chi connectivity index (χ1v) is 17.8. The Balaban J connectivity index is 1.33. The van der Waals surface area contributed by atoms with Crippen molar-refractivity contribution in [1.82, 2.24) is 25.2 Å². The number of amides is 4. The Morgan fingerprint density at radius 1 is 1.11 bits per heavy atom. The minimum Gasteiger partial charge on any atom is -0.472 e. The van der Waals surface area contributed by atoms with Crippen LogP contribution in [0.1, 0.15) is 58.8 Å². The van der Waals surface area contributed by atoms with Gasteiger partial charge in [0.05, 0.1) is 11.8 Å². The molecule has 4 N–H and O–H groups in total. The van der Waals surface area contributed by atoms with E-state index in [1.165, 1.54) is 4.90 Å². The van der Waals surface area contributed by atoms with Gasteiger partial charge in [-0.1, -0.05) is 44.2 Å². The minimum absolute atomic E-state index is 0.0273. The number of sulfonamides is 1. The normalized spacial score (nSPS) is 31.5. The summed E-state index contributed by atoms with van der Waals surface area (Å²) < 4.78 is 33.9. The van der Waals surface area contributed by atoms with Gasteiger partial charge in [0.15, 0.2) is 0 Å². The van der Waals surface area contributed by atoms with E-state index in [1.54, 1.807) is 6.20 Å². The zero-order valence-electron chi connectivity index (χ0n) is 26.4. The molecular weight excluding hydrogens is 626 g/mol. The largest absolute Gasteiger partial charge is 0.472 e. The van der Waals surface area contributed by atoms with Gasteiger partial charge in [0.2, 0.25) is 27.7 Å². The summed E-state index contributed by atoms with van der Waals surface area (Å²) >= 11 is 0. The number of carbonyl (C=O) groups excluding carboxylic acids is 3. The third kappa shape index (κ3) is 6.92. The number of carbonyl (C=O) groups is 4. The Morgan fingerprint density at radius 3 is 2.62 bits per heavy atom. The summed E-state index contributed by atoms with van der Waals surface area (Å²) in [5.74, 6) is -2.35. The van der Waals surface area contributed by atoms with E-state index in [0.29, 0.717) is 31.6 Å². The van der Waals surface area contributed by atoms with Crippen LogP contribution in [0.3, 0.4) is 0 Å². The standard InChI is InChI=1S/C33H41N5O8S/c1-19-7-3-5-9-22-17-33(22,31(41)37-47(44,45)24-11-12-24)36-28(39)26-16-23(46-29-25-10-6-4-8-21(25)13-14-34-29)18-38(26)30(40)27(20(2)15-19)35-32(42)43/h4-6,8-10,13-14,19-20,22-24,26-27,35H,3,7,11-12,15-18H2,1-2H3,(H,36,39)(H,37,41)(H,42,43). The maximum absolute atomic E-state index is 14.2. The van der Waals surface area contributed by atoms with Crippen LogP contribution in [0, 0.1) is 17.8 Å². The molecule has 2 aliphatic carbocycles. The van der Waals surface area contributed by atoms with Crippen LogP contribution in [0.5, 0.6) is 5.88 Å². The van der Waals surface area contributed by atoms with Crippen LogP contribution >= 0.6 is 0 Å². The van der Waals surface area contributed by atoms with Gasteiger partial charge in [-0.3, -0.25) is 19.1 Å². The van der Waals surface area contributed by atoms with Gasteiger partial charge in [-0.25, -0.2) is 18.2 Å². The van der Waals surface area contributed by atoms with Crippen LogP contribution in [0.15, 0.2) is 48.7 Å². The van der Waals surface area contributed by atoms with Gasteiger partial charge >= 0.3 is 6.09 Å². The first-order valence-electron chi connectivity index (χ1n) is 16.2. The molecule has 2 saturated carbocycles. The number of allylic oxidation sites excluding steroid dienone is 1. The van der Waals surface area contributed by atoms with E-state index in [-0.39, 0.29) is 31.2 Å². The lowest BCUT2D eigenvalue weighted by Gasteiger charge is -2.32.